The van der Waals surface area contributed by atoms with Gasteiger partial charge >= 0.3 is 0 Å². The number of alkyl halides is 1. The maximum atomic E-state index is 14.8. The van der Waals surface area contributed by atoms with Gasteiger partial charge in [-0.2, -0.15) is 0 Å². The Balaban J connectivity index is 0.00000142. The van der Waals surface area contributed by atoms with Gasteiger partial charge < -0.3 is 20.2 Å². The Bertz CT molecular complexity index is 1210. The Morgan fingerprint density at radius 2 is 1.79 bits per heavy atom. The number of allylic oxidation sites excluding steroid dienone is 1. The predicted octanol–water partition coefficient (Wildman–Crippen LogP) is 7.51. The molecular weight excluding hydrogens is 524 g/mol. The second-order valence-electron chi connectivity index (χ2n) is 9.31. The molecule has 1 heterocycles. The van der Waals surface area contributed by atoms with Crippen molar-refractivity contribution >= 4 is 26.9 Å². The number of benzene rings is 1. The largest absolute Gasteiger partial charge is 0.461 e. The van der Waals surface area contributed by atoms with E-state index in [1.54, 1.807) is 32.4 Å². The molecule has 3 rings (SSSR count). The van der Waals surface area contributed by atoms with Gasteiger partial charge in [-0.15, -0.1) is 0 Å². The molecular formula is C29H43F2N3O4S. The van der Waals surface area contributed by atoms with Gasteiger partial charge in [0.1, 0.15) is 16.3 Å². The molecule has 0 spiro atoms. The summed E-state index contributed by atoms with van der Waals surface area (Å²) in [5.41, 5.74) is 3.20. The zero-order valence-corrected chi connectivity index (χ0v) is 25.1. The molecule has 1 fully saturated rings. The molecule has 1 aromatic carbocycles. The Morgan fingerprint density at radius 1 is 1.18 bits per heavy atom. The summed E-state index contributed by atoms with van der Waals surface area (Å²) in [6.07, 6.45) is 4.23. The summed E-state index contributed by atoms with van der Waals surface area (Å²) in [7, 11) is -0.658. The first kappa shape index (κ1) is 34.2. The number of rotatable bonds is 11. The molecule has 10 heteroatoms. The van der Waals surface area contributed by atoms with E-state index in [2.05, 4.69) is 15.0 Å². The van der Waals surface area contributed by atoms with Crippen LogP contribution in [-0.2, 0) is 14.6 Å². The molecule has 218 valence electrons. The molecule has 1 aromatic heterocycles. The molecule has 1 atom stereocenters. The highest BCUT2D eigenvalue weighted by atomic mass is 32.2. The molecule has 39 heavy (non-hydrogen) atoms. The van der Waals surface area contributed by atoms with Crippen LogP contribution in [0.3, 0.4) is 0 Å². The van der Waals surface area contributed by atoms with Gasteiger partial charge in [0.05, 0.1) is 22.8 Å². The van der Waals surface area contributed by atoms with Crippen molar-refractivity contribution in [2.75, 3.05) is 26.4 Å². The van der Waals surface area contributed by atoms with Gasteiger partial charge in [-0.05, 0) is 75.9 Å². The van der Waals surface area contributed by atoms with E-state index in [9.17, 15) is 17.2 Å². The average molecular weight is 568 g/mol. The molecule has 2 aromatic rings. The second-order valence-corrected chi connectivity index (χ2v) is 12.1. The second kappa shape index (κ2) is 15.7. The van der Waals surface area contributed by atoms with E-state index < -0.39 is 32.5 Å². The van der Waals surface area contributed by atoms with Crippen molar-refractivity contribution in [2.45, 2.75) is 77.2 Å². The van der Waals surface area contributed by atoms with Crippen LogP contribution in [0.2, 0.25) is 0 Å². The van der Waals surface area contributed by atoms with Gasteiger partial charge in [-0.1, -0.05) is 27.2 Å². The molecule has 7 nitrogen and oxygen atoms in total. The van der Waals surface area contributed by atoms with Crippen LogP contribution in [0, 0.1) is 11.2 Å². The van der Waals surface area contributed by atoms with E-state index in [0.717, 1.165) is 24.1 Å². The van der Waals surface area contributed by atoms with E-state index in [-0.39, 0.29) is 11.3 Å². The van der Waals surface area contributed by atoms with E-state index >= 15 is 0 Å². The van der Waals surface area contributed by atoms with Crippen molar-refractivity contribution in [2.24, 2.45) is 0 Å². The first-order chi connectivity index (χ1) is 18.4. The summed E-state index contributed by atoms with van der Waals surface area (Å²) in [5.74, 6) is -0.309. The van der Waals surface area contributed by atoms with Crippen LogP contribution in [0.4, 0.5) is 14.5 Å². The lowest BCUT2D eigenvalue weighted by Crippen LogP contribution is -2.42. The van der Waals surface area contributed by atoms with Gasteiger partial charge in [0, 0.05) is 31.2 Å². The van der Waals surface area contributed by atoms with Gasteiger partial charge in [-0.3, -0.25) is 4.98 Å². The van der Waals surface area contributed by atoms with Crippen LogP contribution in [0.5, 0.6) is 5.75 Å². The Labute approximate surface area is 232 Å². The normalized spacial score (nSPS) is 13.2. The number of nitrogens with one attached hydrogen (secondary N) is 2. The molecule has 1 aliphatic rings. The number of sulfone groups is 1. The lowest BCUT2D eigenvalue weighted by atomic mass is 10.0. The highest BCUT2D eigenvalue weighted by molar-refractivity contribution is 7.93. The van der Waals surface area contributed by atoms with E-state index in [1.165, 1.54) is 39.1 Å². The van der Waals surface area contributed by atoms with Crippen molar-refractivity contribution in [3.63, 3.8) is 0 Å². The maximum absolute atomic E-state index is 14.8. The number of hydrogen-bond acceptors (Lipinski definition) is 7. The smallest absolute Gasteiger partial charge is 0.228 e. The summed E-state index contributed by atoms with van der Waals surface area (Å²) in [5, 5.41) is 10.4. The number of ether oxygens (including phenoxy) is 2. The van der Waals surface area contributed by atoms with Crippen LogP contribution >= 0.6 is 0 Å². The highest BCUT2D eigenvalue weighted by Gasteiger charge is 2.43. The van der Waals surface area contributed by atoms with Crippen molar-refractivity contribution in [3.8, 4) is 5.75 Å². The average Bonchev–Trinajstić information content (AvgIpc) is 3.75. The SMILES string of the molecule is CC.CCCC(=N)C(C)(C)S(=O)(=O)C(C)c1cc(NC(=C2CC2)c2ccc(OCF)cn2)ccc1F.COC. The quantitative estimate of drug-likeness (QED) is 0.273. The van der Waals surface area contributed by atoms with E-state index in [0.29, 0.717) is 30.0 Å². The number of anilines is 1. The number of aromatic nitrogens is 1. The lowest BCUT2D eigenvalue weighted by molar-refractivity contribution is 0.191. The van der Waals surface area contributed by atoms with Crippen molar-refractivity contribution in [3.05, 3.63) is 59.2 Å². The fourth-order valence-electron chi connectivity index (χ4n) is 3.73. The van der Waals surface area contributed by atoms with Crippen molar-refractivity contribution in [1.29, 1.82) is 5.41 Å². The molecule has 2 N–H and O–H groups in total. The van der Waals surface area contributed by atoms with Crippen LogP contribution in [0.25, 0.3) is 5.70 Å². The molecule has 0 bridgehead atoms. The topological polar surface area (TPSA) is 101 Å². The number of hydrogen-bond donors (Lipinski definition) is 2. The fraction of sp³-hybridized carbons (Fsp3) is 0.517. The summed E-state index contributed by atoms with van der Waals surface area (Å²) < 4.78 is 61.6. The zero-order valence-electron chi connectivity index (χ0n) is 24.3. The molecule has 1 aliphatic carbocycles. The molecule has 1 saturated carbocycles. The van der Waals surface area contributed by atoms with Gasteiger partial charge in [0.2, 0.25) is 6.86 Å². The zero-order chi connectivity index (χ0) is 29.8. The first-order valence-corrected chi connectivity index (χ1v) is 14.6. The Hall–Kier alpha value is -2.85. The molecule has 0 amide bonds. The fourth-order valence-corrected chi connectivity index (χ4v) is 5.58. The minimum absolute atomic E-state index is 0.0437. The molecule has 0 radical (unpaired) electrons. The number of halogens is 2. The van der Waals surface area contributed by atoms with Crippen LogP contribution in [-0.4, -0.2) is 44.9 Å². The van der Waals surface area contributed by atoms with E-state index in [1.807, 2.05) is 20.8 Å². The van der Waals surface area contributed by atoms with Crippen molar-refractivity contribution < 1.29 is 26.7 Å². The summed E-state index contributed by atoms with van der Waals surface area (Å²) in [6, 6.07) is 7.62. The third kappa shape index (κ3) is 8.83. The van der Waals surface area contributed by atoms with E-state index in [4.69, 9.17) is 10.1 Å². The van der Waals surface area contributed by atoms with Gasteiger partial charge in [-0.25, -0.2) is 17.2 Å². The molecule has 0 aliphatic heterocycles. The predicted molar refractivity (Wildman–Crippen MR) is 155 cm³/mol. The third-order valence-electron chi connectivity index (χ3n) is 6.17. The third-order valence-corrected chi connectivity index (χ3v) is 9.03. The molecule has 0 saturated heterocycles. The van der Waals surface area contributed by atoms with Gasteiger partial charge in [0.15, 0.2) is 9.84 Å². The number of nitrogens with zero attached hydrogens (tertiary/aromatic N) is 1. The summed E-state index contributed by atoms with van der Waals surface area (Å²) >= 11 is 0. The number of methoxy groups -OCH3 is 1. The van der Waals surface area contributed by atoms with Gasteiger partial charge in [0.25, 0.3) is 0 Å². The number of pyridine rings is 1. The van der Waals surface area contributed by atoms with Crippen LogP contribution in [0.1, 0.15) is 83.7 Å². The maximum Gasteiger partial charge on any atom is 0.228 e. The molecule has 1 unspecified atom stereocenters. The first-order valence-electron chi connectivity index (χ1n) is 13.1. The lowest BCUT2D eigenvalue weighted by Gasteiger charge is -2.30. The summed E-state index contributed by atoms with van der Waals surface area (Å²) in [4.78, 5) is 4.33. The van der Waals surface area contributed by atoms with Crippen LogP contribution < -0.4 is 10.1 Å². The monoisotopic (exact) mass is 567 g/mol. The standard InChI is InChI=1S/C25H31F2N3O3S.C2H6O.C2H6/c1-5-6-23(28)25(3,4)34(31,32)16(2)20-13-18(9-11-21(20)27)30-24(17-7-8-17)22-12-10-19(14-29-22)33-15-26;1-3-2;1-2/h9-14,16,28,30H,5-8,15H2,1-4H3;1-2H3;1-2H3. The van der Waals surface area contributed by atoms with Crippen LogP contribution in [0.15, 0.2) is 42.1 Å². The Morgan fingerprint density at radius 3 is 2.28 bits per heavy atom. The minimum Gasteiger partial charge on any atom is -0.461 e. The Kier molecular flexibility index (Phi) is 13.7. The summed E-state index contributed by atoms with van der Waals surface area (Å²) in [6.45, 7) is 9.42. The highest BCUT2D eigenvalue weighted by Crippen LogP contribution is 2.39. The minimum atomic E-state index is -3.91. The van der Waals surface area contributed by atoms with Crippen molar-refractivity contribution in [1.82, 2.24) is 4.98 Å².